The summed E-state index contributed by atoms with van der Waals surface area (Å²) in [5.41, 5.74) is 1.71. The molecule has 23 heavy (non-hydrogen) atoms. The molecule has 0 aliphatic heterocycles. The lowest BCUT2D eigenvalue weighted by molar-refractivity contribution is -0.116. The fourth-order valence-corrected chi connectivity index (χ4v) is 2.95. The average Bonchev–Trinajstić information content (AvgIpc) is 2.55. The summed E-state index contributed by atoms with van der Waals surface area (Å²) in [6.45, 7) is 0. The number of nitriles is 1. The van der Waals surface area contributed by atoms with Crippen molar-refractivity contribution in [1.29, 1.82) is 5.26 Å². The molecule has 1 amide bonds. The molecular formula is C18H17ClN2OS. The molecule has 0 aliphatic carbocycles. The predicted octanol–water partition coefficient (Wildman–Crippen LogP) is 4.92. The molecule has 2 aromatic carbocycles. The molecule has 0 fully saturated rings. The Kier molecular flexibility index (Phi) is 6.99. The molecule has 3 nitrogen and oxygen atoms in total. The minimum Gasteiger partial charge on any atom is -0.326 e. The van der Waals surface area contributed by atoms with Crippen LogP contribution in [0, 0.1) is 11.3 Å². The van der Waals surface area contributed by atoms with E-state index in [1.807, 2.05) is 48.5 Å². The van der Waals surface area contributed by atoms with Gasteiger partial charge in [-0.05, 0) is 54.1 Å². The third-order valence-corrected chi connectivity index (χ3v) is 4.50. The number of anilines is 1. The number of carbonyl (C=O) groups is 1. The van der Waals surface area contributed by atoms with Gasteiger partial charge in [-0.15, -0.1) is 11.8 Å². The summed E-state index contributed by atoms with van der Waals surface area (Å²) in [6.07, 6.45) is 1.68. The molecule has 118 valence electrons. The maximum Gasteiger partial charge on any atom is 0.224 e. The molecule has 0 aliphatic rings. The van der Waals surface area contributed by atoms with Crippen LogP contribution in [0.3, 0.4) is 0 Å². The summed E-state index contributed by atoms with van der Waals surface area (Å²) in [5, 5.41) is 12.2. The molecule has 2 aromatic rings. The van der Waals surface area contributed by atoms with Crippen molar-refractivity contribution < 1.29 is 4.79 Å². The van der Waals surface area contributed by atoms with Crippen LogP contribution in [0.2, 0.25) is 5.02 Å². The summed E-state index contributed by atoms with van der Waals surface area (Å²) < 4.78 is 0. The summed E-state index contributed by atoms with van der Waals surface area (Å²) in [4.78, 5) is 13.0. The van der Waals surface area contributed by atoms with Crippen LogP contribution < -0.4 is 5.32 Å². The van der Waals surface area contributed by atoms with Gasteiger partial charge in [0.1, 0.15) is 0 Å². The smallest absolute Gasteiger partial charge is 0.224 e. The first-order valence-corrected chi connectivity index (χ1v) is 8.68. The van der Waals surface area contributed by atoms with Crippen LogP contribution >= 0.6 is 23.4 Å². The Balaban J connectivity index is 1.68. The van der Waals surface area contributed by atoms with Crippen molar-refractivity contribution in [2.45, 2.75) is 24.2 Å². The van der Waals surface area contributed by atoms with E-state index in [0.717, 1.165) is 33.3 Å². The summed E-state index contributed by atoms with van der Waals surface area (Å²) in [6, 6.07) is 17.2. The number of amides is 1. The van der Waals surface area contributed by atoms with Gasteiger partial charge in [0.15, 0.2) is 0 Å². The zero-order chi connectivity index (χ0) is 16.5. The first-order valence-electron chi connectivity index (χ1n) is 7.31. The zero-order valence-electron chi connectivity index (χ0n) is 12.6. The fraction of sp³-hybridized carbons (Fsp3) is 0.222. The normalized spacial score (nSPS) is 10.1. The van der Waals surface area contributed by atoms with E-state index in [2.05, 4.69) is 11.4 Å². The Labute approximate surface area is 145 Å². The minimum atomic E-state index is 0.00902. The topological polar surface area (TPSA) is 52.9 Å². The lowest BCUT2D eigenvalue weighted by Crippen LogP contribution is -2.11. The van der Waals surface area contributed by atoms with Crippen LogP contribution in [0.1, 0.15) is 18.4 Å². The van der Waals surface area contributed by atoms with E-state index < -0.39 is 0 Å². The van der Waals surface area contributed by atoms with Gasteiger partial charge >= 0.3 is 0 Å². The van der Waals surface area contributed by atoms with Gasteiger partial charge in [0.25, 0.3) is 0 Å². The maximum absolute atomic E-state index is 11.9. The van der Waals surface area contributed by atoms with Crippen molar-refractivity contribution in [1.82, 2.24) is 0 Å². The Bertz CT molecular complexity index is 678. The summed E-state index contributed by atoms with van der Waals surface area (Å²) in [5.74, 6) is 0.894. The minimum absolute atomic E-state index is 0.00902. The largest absolute Gasteiger partial charge is 0.326 e. The standard InChI is InChI=1S/C18H17ClN2OS/c19-15-5-9-17(10-6-15)23-13-1-2-18(22)21-16-7-3-14(4-8-16)11-12-20/h3-10H,1-2,11,13H2,(H,21,22). The van der Waals surface area contributed by atoms with Gasteiger partial charge in [-0.1, -0.05) is 23.7 Å². The lowest BCUT2D eigenvalue weighted by atomic mass is 10.1. The van der Waals surface area contributed by atoms with E-state index in [-0.39, 0.29) is 5.91 Å². The first-order chi connectivity index (χ1) is 11.2. The number of rotatable bonds is 7. The highest BCUT2D eigenvalue weighted by molar-refractivity contribution is 7.99. The van der Waals surface area contributed by atoms with Crippen LogP contribution in [0.15, 0.2) is 53.4 Å². The van der Waals surface area contributed by atoms with E-state index in [4.69, 9.17) is 16.9 Å². The fourth-order valence-electron chi connectivity index (χ4n) is 1.97. The maximum atomic E-state index is 11.9. The van der Waals surface area contributed by atoms with Crippen LogP contribution in [0.25, 0.3) is 0 Å². The van der Waals surface area contributed by atoms with Crippen molar-refractivity contribution in [2.75, 3.05) is 11.1 Å². The monoisotopic (exact) mass is 344 g/mol. The second-order valence-corrected chi connectivity index (χ2v) is 6.59. The number of nitrogens with zero attached hydrogens (tertiary/aromatic N) is 1. The number of hydrogen-bond donors (Lipinski definition) is 1. The Morgan fingerprint density at radius 2 is 1.83 bits per heavy atom. The van der Waals surface area contributed by atoms with Gasteiger partial charge in [0, 0.05) is 22.0 Å². The Morgan fingerprint density at radius 3 is 2.48 bits per heavy atom. The van der Waals surface area contributed by atoms with Crippen molar-refractivity contribution >= 4 is 35.0 Å². The second-order valence-electron chi connectivity index (χ2n) is 4.99. The highest BCUT2D eigenvalue weighted by Gasteiger charge is 2.03. The van der Waals surface area contributed by atoms with Gasteiger partial charge in [-0.3, -0.25) is 4.79 Å². The molecule has 2 rings (SSSR count). The van der Waals surface area contributed by atoms with Crippen LogP contribution in [0.5, 0.6) is 0 Å². The van der Waals surface area contributed by atoms with E-state index in [1.54, 1.807) is 11.8 Å². The van der Waals surface area contributed by atoms with Crippen molar-refractivity contribution in [3.8, 4) is 6.07 Å². The highest BCUT2D eigenvalue weighted by atomic mass is 35.5. The van der Waals surface area contributed by atoms with Crippen LogP contribution in [-0.2, 0) is 11.2 Å². The summed E-state index contributed by atoms with van der Waals surface area (Å²) >= 11 is 7.56. The highest BCUT2D eigenvalue weighted by Crippen LogP contribution is 2.21. The molecule has 0 saturated heterocycles. The average molecular weight is 345 g/mol. The molecule has 0 aromatic heterocycles. The summed E-state index contributed by atoms with van der Waals surface area (Å²) in [7, 11) is 0. The quantitative estimate of drug-likeness (QED) is 0.573. The molecule has 1 N–H and O–H groups in total. The molecular weight excluding hydrogens is 328 g/mol. The van der Waals surface area contributed by atoms with Gasteiger partial charge in [-0.2, -0.15) is 5.26 Å². The van der Waals surface area contributed by atoms with Crippen molar-refractivity contribution in [2.24, 2.45) is 0 Å². The molecule has 0 spiro atoms. The van der Waals surface area contributed by atoms with Gasteiger partial charge in [0.05, 0.1) is 12.5 Å². The number of carbonyl (C=O) groups excluding carboxylic acids is 1. The molecule has 0 atom stereocenters. The number of hydrogen-bond acceptors (Lipinski definition) is 3. The molecule has 0 bridgehead atoms. The predicted molar refractivity (Wildman–Crippen MR) is 95.8 cm³/mol. The zero-order valence-corrected chi connectivity index (χ0v) is 14.2. The first kappa shape index (κ1) is 17.4. The van der Waals surface area contributed by atoms with Gasteiger partial charge < -0.3 is 5.32 Å². The van der Waals surface area contributed by atoms with E-state index in [1.165, 1.54) is 0 Å². The number of thioether (sulfide) groups is 1. The van der Waals surface area contributed by atoms with Gasteiger partial charge in [0.2, 0.25) is 5.91 Å². The van der Waals surface area contributed by atoms with Crippen molar-refractivity contribution in [3.63, 3.8) is 0 Å². The van der Waals surface area contributed by atoms with E-state index in [9.17, 15) is 4.79 Å². The van der Waals surface area contributed by atoms with Crippen molar-refractivity contribution in [3.05, 3.63) is 59.1 Å². The number of benzene rings is 2. The third kappa shape index (κ3) is 6.35. The molecule has 0 unspecified atom stereocenters. The van der Waals surface area contributed by atoms with E-state index in [0.29, 0.717) is 12.8 Å². The van der Waals surface area contributed by atoms with Gasteiger partial charge in [-0.25, -0.2) is 0 Å². The van der Waals surface area contributed by atoms with E-state index >= 15 is 0 Å². The number of halogens is 1. The molecule has 5 heteroatoms. The van der Waals surface area contributed by atoms with Crippen LogP contribution in [0.4, 0.5) is 5.69 Å². The Morgan fingerprint density at radius 1 is 1.13 bits per heavy atom. The third-order valence-electron chi connectivity index (χ3n) is 3.15. The molecule has 0 heterocycles. The molecule has 0 radical (unpaired) electrons. The molecule has 0 saturated carbocycles. The Hall–Kier alpha value is -1.96. The van der Waals surface area contributed by atoms with Crippen LogP contribution in [-0.4, -0.2) is 11.7 Å². The second kappa shape index (κ2) is 9.24. The number of nitrogens with one attached hydrogen (secondary N) is 1. The lowest BCUT2D eigenvalue weighted by Gasteiger charge is -2.06. The SMILES string of the molecule is N#CCc1ccc(NC(=O)CCCSc2ccc(Cl)cc2)cc1.